The lowest BCUT2D eigenvalue weighted by Crippen LogP contribution is -2.63. The third-order valence-electron chi connectivity index (χ3n) is 8.11. The quantitative estimate of drug-likeness (QED) is 0.674. The fraction of sp³-hybridized carbons (Fsp3) is 0.591. The maximum atomic E-state index is 13.3. The minimum absolute atomic E-state index is 0.0178. The number of amides is 2. The summed E-state index contributed by atoms with van der Waals surface area (Å²) in [7, 11) is 2.88. The number of hydrogen-bond donors (Lipinski definition) is 2. The van der Waals surface area contributed by atoms with E-state index < -0.39 is 28.6 Å². The van der Waals surface area contributed by atoms with E-state index in [-0.39, 0.29) is 30.1 Å². The van der Waals surface area contributed by atoms with Crippen LogP contribution in [0.4, 0.5) is 0 Å². The van der Waals surface area contributed by atoms with Gasteiger partial charge in [-0.2, -0.15) is 0 Å². The van der Waals surface area contributed by atoms with Crippen molar-refractivity contribution in [2.24, 2.45) is 34.1 Å². The molecule has 3 aliphatic carbocycles. The van der Waals surface area contributed by atoms with Crippen molar-refractivity contribution < 1.29 is 23.9 Å². The van der Waals surface area contributed by atoms with Crippen molar-refractivity contribution in [3.05, 3.63) is 29.8 Å². The van der Waals surface area contributed by atoms with Crippen LogP contribution in [0.25, 0.3) is 0 Å². The van der Waals surface area contributed by atoms with Crippen molar-refractivity contribution in [1.82, 2.24) is 0 Å². The van der Waals surface area contributed by atoms with Gasteiger partial charge in [0.2, 0.25) is 11.8 Å². The van der Waals surface area contributed by atoms with E-state index in [9.17, 15) is 14.4 Å². The molecular formula is C22H28N2O5. The van der Waals surface area contributed by atoms with E-state index in [0.29, 0.717) is 11.3 Å². The fourth-order valence-electron chi connectivity index (χ4n) is 7.07. The summed E-state index contributed by atoms with van der Waals surface area (Å²) in [5.41, 5.74) is 10.4. The summed E-state index contributed by atoms with van der Waals surface area (Å²) in [5, 5.41) is 0. The smallest absolute Gasteiger partial charge is 0.305 e. The largest absolute Gasteiger partial charge is 0.497 e. The predicted octanol–water partition coefficient (Wildman–Crippen LogP) is 1.66. The molecule has 0 saturated heterocycles. The van der Waals surface area contributed by atoms with Gasteiger partial charge in [0.15, 0.2) is 0 Å². The Kier molecular flexibility index (Phi) is 4.40. The first-order valence-electron chi connectivity index (χ1n) is 10.1. The van der Waals surface area contributed by atoms with Gasteiger partial charge in [0, 0.05) is 6.42 Å². The third kappa shape index (κ3) is 2.27. The monoisotopic (exact) mass is 400 g/mol. The van der Waals surface area contributed by atoms with Crippen LogP contribution in [0, 0.1) is 22.7 Å². The van der Waals surface area contributed by atoms with Gasteiger partial charge in [-0.25, -0.2) is 0 Å². The Hall–Kier alpha value is -2.57. The van der Waals surface area contributed by atoms with Crippen molar-refractivity contribution in [2.45, 2.75) is 43.9 Å². The van der Waals surface area contributed by atoms with Gasteiger partial charge in [-0.15, -0.1) is 0 Å². The summed E-state index contributed by atoms with van der Waals surface area (Å²) >= 11 is 0. The lowest BCUT2D eigenvalue weighted by atomic mass is 9.51. The van der Waals surface area contributed by atoms with Crippen molar-refractivity contribution >= 4 is 17.8 Å². The SMILES string of the molecule is COC(=O)CC[C@@]1(C(N)=O)[C@@H]2CC[C@@H](C23CC3)[C@@]1(C(N)=O)c1ccc(OC)cc1. The minimum atomic E-state index is -1.24. The highest BCUT2D eigenvalue weighted by atomic mass is 16.5. The number of hydrogen-bond acceptors (Lipinski definition) is 5. The van der Waals surface area contributed by atoms with Gasteiger partial charge in [-0.05, 0) is 67.1 Å². The van der Waals surface area contributed by atoms with Crippen LogP contribution in [-0.4, -0.2) is 32.0 Å². The zero-order chi connectivity index (χ0) is 21.0. The van der Waals surface area contributed by atoms with Crippen LogP contribution in [0.5, 0.6) is 5.75 Å². The summed E-state index contributed by atoms with van der Waals surface area (Å²) in [6, 6.07) is 7.18. The van der Waals surface area contributed by atoms with E-state index >= 15 is 0 Å². The Morgan fingerprint density at radius 2 is 1.62 bits per heavy atom. The molecular weight excluding hydrogens is 372 g/mol. The summed E-state index contributed by atoms with van der Waals surface area (Å²) in [4.78, 5) is 38.5. The number of benzene rings is 1. The molecule has 0 aliphatic heterocycles. The van der Waals surface area contributed by atoms with E-state index in [1.807, 2.05) is 12.1 Å². The maximum absolute atomic E-state index is 13.3. The molecule has 1 aromatic rings. The number of rotatable bonds is 7. The lowest BCUT2D eigenvalue weighted by molar-refractivity contribution is -0.150. The van der Waals surface area contributed by atoms with Gasteiger partial charge in [-0.1, -0.05) is 12.1 Å². The Labute approximate surface area is 170 Å². The molecule has 29 heavy (non-hydrogen) atoms. The second kappa shape index (κ2) is 6.47. The molecule has 1 aromatic carbocycles. The van der Waals surface area contributed by atoms with Gasteiger partial charge < -0.3 is 20.9 Å². The van der Waals surface area contributed by atoms with Crippen molar-refractivity contribution in [3.63, 3.8) is 0 Å². The van der Waals surface area contributed by atoms with E-state index in [1.165, 1.54) is 7.11 Å². The van der Waals surface area contributed by atoms with Crippen molar-refractivity contribution in [2.75, 3.05) is 14.2 Å². The van der Waals surface area contributed by atoms with Crippen LogP contribution in [0.2, 0.25) is 0 Å². The van der Waals surface area contributed by atoms with E-state index in [0.717, 1.165) is 25.7 Å². The number of primary amides is 2. The van der Waals surface area contributed by atoms with Crippen LogP contribution in [0.15, 0.2) is 24.3 Å². The van der Waals surface area contributed by atoms with Gasteiger partial charge in [-0.3, -0.25) is 14.4 Å². The Bertz CT molecular complexity index is 862. The molecule has 3 aliphatic rings. The molecule has 2 amide bonds. The molecule has 7 heteroatoms. The molecule has 0 radical (unpaired) electrons. The molecule has 0 heterocycles. The van der Waals surface area contributed by atoms with E-state index in [2.05, 4.69) is 0 Å². The highest BCUT2D eigenvalue weighted by molar-refractivity contribution is 5.99. The van der Waals surface area contributed by atoms with Crippen LogP contribution >= 0.6 is 0 Å². The van der Waals surface area contributed by atoms with Crippen LogP contribution < -0.4 is 16.2 Å². The highest BCUT2D eigenvalue weighted by Crippen LogP contribution is 2.82. The predicted molar refractivity (Wildman–Crippen MR) is 105 cm³/mol. The van der Waals surface area contributed by atoms with Crippen LogP contribution in [0.1, 0.15) is 44.1 Å². The fourth-order valence-corrected chi connectivity index (χ4v) is 7.07. The van der Waals surface area contributed by atoms with Crippen LogP contribution in [0.3, 0.4) is 0 Å². The number of carbonyl (C=O) groups excluding carboxylic acids is 3. The molecule has 7 nitrogen and oxygen atoms in total. The molecule has 0 unspecified atom stereocenters. The number of nitrogens with two attached hydrogens (primary N) is 2. The average molecular weight is 400 g/mol. The molecule has 0 aromatic heterocycles. The Morgan fingerprint density at radius 1 is 1.00 bits per heavy atom. The third-order valence-corrected chi connectivity index (χ3v) is 8.11. The zero-order valence-corrected chi connectivity index (χ0v) is 16.9. The lowest BCUT2D eigenvalue weighted by Gasteiger charge is -2.50. The number of esters is 1. The summed E-state index contributed by atoms with van der Waals surface area (Å²) < 4.78 is 10.1. The van der Waals surface area contributed by atoms with Gasteiger partial charge in [0.1, 0.15) is 5.75 Å². The van der Waals surface area contributed by atoms with Gasteiger partial charge in [0.05, 0.1) is 25.0 Å². The topological polar surface area (TPSA) is 122 Å². The number of methoxy groups -OCH3 is 2. The normalized spacial score (nSPS) is 33.4. The maximum Gasteiger partial charge on any atom is 0.305 e. The molecule has 3 fully saturated rings. The first-order valence-corrected chi connectivity index (χ1v) is 10.1. The first kappa shape index (κ1) is 19.7. The molecule has 3 saturated carbocycles. The van der Waals surface area contributed by atoms with E-state index in [1.54, 1.807) is 19.2 Å². The van der Waals surface area contributed by atoms with Gasteiger partial charge in [0.25, 0.3) is 0 Å². The minimum Gasteiger partial charge on any atom is -0.497 e. The summed E-state index contributed by atoms with van der Waals surface area (Å²) in [5.74, 6) is -0.977. The molecule has 2 bridgehead atoms. The number of carbonyl (C=O) groups is 3. The van der Waals surface area contributed by atoms with E-state index in [4.69, 9.17) is 20.9 Å². The Balaban J connectivity index is 1.95. The highest BCUT2D eigenvalue weighted by Gasteiger charge is 2.83. The summed E-state index contributed by atoms with van der Waals surface area (Å²) in [6.07, 6.45) is 3.74. The second-order valence-electron chi connectivity index (χ2n) is 8.73. The second-order valence-corrected chi connectivity index (χ2v) is 8.73. The van der Waals surface area contributed by atoms with Gasteiger partial charge >= 0.3 is 5.97 Å². The molecule has 4 rings (SSSR count). The van der Waals surface area contributed by atoms with Crippen molar-refractivity contribution in [3.8, 4) is 5.75 Å². The zero-order valence-electron chi connectivity index (χ0n) is 16.9. The Morgan fingerprint density at radius 3 is 2.10 bits per heavy atom. The number of ether oxygens (including phenoxy) is 2. The average Bonchev–Trinajstić information content (AvgIpc) is 3.38. The molecule has 156 valence electrons. The van der Waals surface area contributed by atoms with Crippen LogP contribution in [-0.2, 0) is 24.5 Å². The van der Waals surface area contributed by atoms with Crippen molar-refractivity contribution in [1.29, 1.82) is 0 Å². The standard InChI is InChI=1S/C22H28N2O5/c1-28-14-5-3-13(4-6-14)22(19(24)27)16-8-7-15(20(16)11-12-20)21(22,18(23)26)10-9-17(25)29-2/h3-6,15-16H,7-12H2,1-2H3,(H2,23,26)(H2,24,27)/t15-,16+,21+,22-/m1/s1. The molecule has 4 atom stereocenters. The first-order chi connectivity index (χ1) is 13.8. The summed E-state index contributed by atoms with van der Waals surface area (Å²) in [6.45, 7) is 0. The molecule has 4 N–H and O–H groups in total. The molecule has 1 spiro atoms.